The van der Waals surface area contributed by atoms with E-state index in [9.17, 15) is 4.79 Å². The number of carbonyl (C=O) groups is 1. The fraction of sp³-hybridized carbons (Fsp3) is 0.941. The zero-order valence-corrected chi connectivity index (χ0v) is 12.3. The lowest BCUT2D eigenvalue weighted by Crippen LogP contribution is -2.56. The SMILES string of the molecule is C[C@H](NC(=O)[C@@H]1C[C@@H]1C)C12CC3CC(CC(C3)C1)C2. The first-order chi connectivity index (χ1) is 9.06. The summed E-state index contributed by atoms with van der Waals surface area (Å²) in [5.74, 6) is 4.23. The number of hydrogen-bond donors (Lipinski definition) is 1. The summed E-state index contributed by atoms with van der Waals surface area (Å²) in [6.45, 7) is 4.48. The van der Waals surface area contributed by atoms with Crippen LogP contribution < -0.4 is 5.32 Å². The van der Waals surface area contributed by atoms with Gasteiger partial charge in [-0.05, 0) is 81.0 Å². The van der Waals surface area contributed by atoms with E-state index in [0.29, 0.717) is 29.2 Å². The summed E-state index contributed by atoms with van der Waals surface area (Å²) >= 11 is 0. The van der Waals surface area contributed by atoms with E-state index in [-0.39, 0.29) is 0 Å². The van der Waals surface area contributed by atoms with Gasteiger partial charge < -0.3 is 5.32 Å². The third-order valence-corrected chi connectivity index (χ3v) is 6.81. The fourth-order valence-electron chi connectivity index (χ4n) is 5.87. The van der Waals surface area contributed by atoms with Crippen molar-refractivity contribution in [1.29, 1.82) is 0 Å². The normalized spacial score (nSPS) is 52.0. The lowest BCUT2D eigenvalue weighted by Gasteiger charge is -2.59. The molecule has 2 heteroatoms. The van der Waals surface area contributed by atoms with Gasteiger partial charge in [0.05, 0.1) is 0 Å². The fourth-order valence-corrected chi connectivity index (χ4v) is 5.87. The maximum atomic E-state index is 12.2. The molecule has 5 aliphatic rings. The zero-order valence-electron chi connectivity index (χ0n) is 12.3. The zero-order chi connectivity index (χ0) is 13.2. The monoisotopic (exact) mass is 261 g/mol. The standard InChI is InChI=1S/C17H27NO/c1-10-3-15(10)16(19)18-11(2)17-7-12-4-13(8-17)6-14(5-12)9-17/h10-15H,3-9H2,1-2H3,(H,18,19)/t10-,11-,12?,13?,14?,15+,17?/m0/s1. The van der Waals surface area contributed by atoms with Crippen molar-refractivity contribution in [1.82, 2.24) is 5.32 Å². The molecule has 2 nitrogen and oxygen atoms in total. The number of nitrogens with one attached hydrogen (secondary N) is 1. The van der Waals surface area contributed by atoms with Gasteiger partial charge in [-0.15, -0.1) is 0 Å². The molecule has 0 spiro atoms. The summed E-state index contributed by atoms with van der Waals surface area (Å²) in [7, 11) is 0. The minimum absolute atomic E-state index is 0.330. The Bertz CT molecular complexity index is 367. The van der Waals surface area contributed by atoms with Gasteiger partial charge in [-0.1, -0.05) is 6.92 Å². The molecule has 1 amide bonds. The molecule has 0 aliphatic heterocycles. The van der Waals surface area contributed by atoms with Crippen LogP contribution >= 0.6 is 0 Å². The predicted molar refractivity (Wildman–Crippen MR) is 75.5 cm³/mol. The van der Waals surface area contributed by atoms with E-state index in [1.807, 2.05) is 0 Å². The average molecular weight is 261 g/mol. The Balaban J connectivity index is 1.47. The minimum Gasteiger partial charge on any atom is -0.353 e. The highest BCUT2D eigenvalue weighted by Crippen LogP contribution is 2.61. The Labute approximate surface area is 116 Å². The van der Waals surface area contributed by atoms with E-state index < -0.39 is 0 Å². The van der Waals surface area contributed by atoms with Crippen LogP contribution in [0.5, 0.6) is 0 Å². The summed E-state index contributed by atoms with van der Waals surface area (Å²) in [5, 5.41) is 3.39. The van der Waals surface area contributed by atoms with E-state index in [4.69, 9.17) is 0 Å². The molecule has 5 rings (SSSR count). The van der Waals surface area contributed by atoms with Crippen LogP contribution in [0.3, 0.4) is 0 Å². The Morgan fingerprint density at radius 3 is 1.95 bits per heavy atom. The predicted octanol–water partition coefficient (Wildman–Crippen LogP) is 3.36. The lowest BCUT2D eigenvalue weighted by molar-refractivity contribution is -0.127. The van der Waals surface area contributed by atoms with Gasteiger partial charge in [-0.2, -0.15) is 0 Å². The van der Waals surface area contributed by atoms with Crippen LogP contribution in [0.1, 0.15) is 58.8 Å². The first-order valence-electron chi connectivity index (χ1n) is 8.36. The number of hydrogen-bond acceptors (Lipinski definition) is 1. The molecule has 5 aliphatic carbocycles. The summed E-state index contributed by atoms with van der Waals surface area (Å²) in [4.78, 5) is 12.2. The van der Waals surface area contributed by atoms with Crippen LogP contribution in [-0.2, 0) is 4.79 Å². The van der Waals surface area contributed by atoms with Gasteiger partial charge >= 0.3 is 0 Å². The first-order valence-corrected chi connectivity index (χ1v) is 8.36. The molecule has 0 unspecified atom stereocenters. The van der Waals surface area contributed by atoms with Gasteiger partial charge in [-0.3, -0.25) is 4.79 Å². The highest BCUT2D eigenvalue weighted by Gasteiger charge is 2.53. The first kappa shape index (κ1) is 12.2. The molecule has 106 valence electrons. The van der Waals surface area contributed by atoms with Crippen LogP contribution in [0.15, 0.2) is 0 Å². The van der Waals surface area contributed by atoms with Crippen molar-refractivity contribution in [3.05, 3.63) is 0 Å². The van der Waals surface area contributed by atoms with Crippen LogP contribution in [-0.4, -0.2) is 11.9 Å². The number of rotatable bonds is 3. The van der Waals surface area contributed by atoms with E-state index in [1.54, 1.807) is 0 Å². The van der Waals surface area contributed by atoms with Crippen LogP contribution in [0.25, 0.3) is 0 Å². The number of carbonyl (C=O) groups excluding carboxylic acids is 1. The van der Waals surface area contributed by atoms with Gasteiger partial charge in [0.25, 0.3) is 0 Å². The quantitative estimate of drug-likeness (QED) is 0.829. The van der Waals surface area contributed by atoms with Gasteiger partial charge in [0.1, 0.15) is 0 Å². The maximum Gasteiger partial charge on any atom is 0.223 e. The highest BCUT2D eigenvalue weighted by atomic mass is 16.2. The van der Waals surface area contributed by atoms with E-state index in [2.05, 4.69) is 19.2 Å². The van der Waals surface area contributed by atoms with Crippen LogP contribution in [0, 0.1) is 35.0 Å². The van der Waals surface area contributed by atoms with Gasteiger partial charge in [-0.25, -0.2) is 0 Å². The Hall–Kier alpha value is -0.530. The summed E-state index contributed by atoms with van der Waals surface area (Å²) in [6.07, 6.45) is 9.74. The van der Waals surface area contributed by atoms with Crippen molar-refractivity contribution >= 4 is 5.91 Å². The highest BCUT2D eigenvalue weighted by molar-refractivity contribution is 5.81. The van der Waals surface area contributed by atoms with Crippen molar-refractivity contribution < 1.29 is 4.79 Å². The molecule has 0 aromatic rings. The second-order valence-corrected chi connectivity index (χ2v) is 8.33. The van der Waals surface area contributed by atoms with Crippen molar-refractivity contribution in [2.24, 2.45) is 35.0 Å². The van der Waals surface area contributed by atoms with Crippen LogP contribution in [0.2, 0.25) is 0 Å². The molecule has 4 bridgehead atoms. The molecule has 19 heavy (non-hydrogen) atoms. The van der Waals surface area contributed by atoms with E-state index in [1.165, 1.54) is 38.5 Å². The van der Waals surface area contributed by atoms with Gasteiger partial charge in [0.15, 0.2) is 0 Å². The third-order valence-electron chi connectivity index (χ3n) is 6.81. The second kappa shape index (κ2) is 3.99. The largest absolute Gasteiger partial charge is 0.353 e. The smallest absolute Gasteiger partial charge is 0.223 e. The van der Waals surface area contributed by atoms with Crippen molar-refractivity contribution in [3.63, 3.8) is 0 Å². The topological polar surface area (TPSA) is 29.1 Å². The summed E-state index contributed by atoms with van der Waals surface area (Å²) in [5.41, 5.74) is 0.461. The minimum atomic E-state index is 0.330. The third kappa shape index (κ3) is 1.94. The Morgan fingerprint density at radius 2 is 1.53 bits per heavy atom. The molecule has 5 fully saturated rings. The van der Waals surface area contributed by atoms with Crippen LogP contribution in [0.4, 0.5) is 0 Å². The van der Waals surface area contributed by atoms with Crippen molar-refractivity contribution in [2.45, 2.75) is 64.8 Å². The molecule has 3 atom stereocenters. The van der Waals surface area contributed by atoms with Gasteiger partial charge in [0, 0.05) is 12.0 Å². The van der Waals surface area contributed by atoms with Gasteiger partial charge in [0.2, 0.25) is 5.91 Å². The maximum absolute atomic E-state index is 12.2. The number of amides is 1. The molecule has 0 saturated heterocycles. The molecule has 5 saturated carbocycles. The van der Waals surface area contributed by atoms with Crippen molar-refractivity contribution in [3.8, 4) is 0 Å². The molecule has 1 N–H and O–H groups in total. The molecular formula is C17H27NO. The molecule has 0 heterocycles. The summed E-state index contributed by atoms with van der Waals surface area (Å²) in [6, 6.07) is 0.404. The second-order valence-electron chi connectivity index (χ2n) is 8.33. The lowest BCUT2D eigenvalue weighted by atomic mass is 9.48. The van der Waals surface area contributed by atoms with E-state index in [0.717, 1.165) is 24.2 Å². The molecule has 0 aromatic heterocycles. The molecule has 0 aromatic carbocycles. The molecule has 0 radical (unpaired) electrons. The Morgan fingerprint density at radius 1 is 1.05 bits per heavy atom. The van der Waals surface area contributed by atoms with Crippen molar-refractivity contribution in [2.75, 3.05) is 0 Å². The summed E-state index contributed by atoms with van der Waals surface area (Å²) < 4.78 is 0. The van der Waals surface area contributed by atoms with E-state index >= 15 is 0 Å². The molecular weight excluding hydrogens is 234 g/mol. The average Bonchev–Trinajstić information content (AvgIpc) is 3.04. The Kier molecular flexibility index (Phi) is 2.57.